The first-order valence-corrected chi connectivity index (χ1v) is 11.3. The summed E-state index contributed by atoms with van der Waals surface area (Å²) in [6.07, 6.45) is 2.37. The number of rotatable bonds is 4. The fraction of sp³-hybridized carbons (Fsp3) is 0. The molecule has 0 fully saturated rings. The molecule has 0 unspecified atom stereocenters. The van der Waals surface area contributed by atoms with Crippen molar-refractivity contribution in [3.63, 3.8) is 0 Å². The molecule has 0 saturated carbocycles. The van der Waals surface area contributed by atoms with Crippen LogP contribution in [0.3, 0.4) is 0 Å². The molecule has 3 aromatic rings. The number of ketones is 1. The molecule has 8 heteroatoms. The molecule has 0 heterocycles. The van der Waals surface area contributed by atoms with Gasteiger partial charge in [-0.3, -0.25) is 0 Å². The van der Waals surface area contributed by atoms with Crippen LogP contribution >= 0.6 is 0 Å². The molecule has 0 atom stereocenters. The van der Waals surface area contributed by atoms with Gasteiger partial charge < -0.3 is 0 Å². The Morgan fingerprint density at radius 1 is 0.611 bits per heavy atom. The minimum absolute atomic E-state index is 0.192. The maximum atomic E-state index is 13.0. The van der Waals surface area contributed by atoms with Gasteiger partial charge in [0, 0.05) is 11.4 Å². The summed E-state index contributed by atoms with van der Waals surface area (Å²) < 4.78 is 0.192. The van der Waals surface area contributed by atoms with Gasteiger partial charge in [0.15, 0.2) is 0 Å². The van der Waals surface area contributed by atoms with Crippen LogP contribution in [0.5, 0.6) is 11.5 Å². The molecule has 0 bridgehead atoms. The first-order valence-electron chi connectivity index (χ1n) is 10.8. The number of aliphatic hydroxyl groups is 3. The average Bonchev–Trinajstić information content (AvgIpc) is 2.85. The summed E-state index contributed by atoms with van der Waals surface area (Å²) in [4.78, 5) is 14.8. The normalized spacial score (nSPS) is 15.5. The number of hydrogen-bond acceptors (Lipinski definition) is 7. The number of para-hydroxylation sites is 2. The van der Waals surface area contributed by atoms with E-state index >= 15 is 0 Å². The van der Waals surface area contributed by atoms with E-state index in [0.717, 1.165) is 11.4 Å². The SMILES string of the molecule is O=C1C(=C2C(O)=C[C](=[Ni])C=C2O)C(O)=C1c1c(O)cc(N(c2ccccc2)c2ccccc2)cc1O. The number of phenolic OH excluding ortho intramolecular Hbond substituents is 2. The van der Waals surface area contributed by atoms with Crippen molar-refractivity contribution in [3.05, 3.63) is 119 Å². The quantitative estimate of drug-likeness (QED) is 0.231. The van der Waals surface area contributed by atoms with Crippen LogP contribution in [0.2, 0.25) is 0 Å². The molecule has 2 aliphatic carbocycles. The van der Waals surface area contributed by atoms with Crippen molar-refractivity contribution >= 4 is 32.9 Å². The molecule has 3 aromatic carbocycles. The summed E-state index contributed by atoms with van der Waals surface area (Å²) in [5.41, 5.74) is 0.762. The molecule has 5 rings (SSSR count). The Balaban J connectivity index is 1.63. The van der Waals surface area contributed by atoms with Crippen LogP contribution in [0.4, 0.5) is 17.1 Å². The molecular weight excluding hydrogens is 505 g/mol. The number of aromatic hydroxyl groups is 2. The first-order chi connectivity index (χ1) is 17.3. The van der Waals surface area contributed by atoms with Gasteiger partial charge in [0.25, 0.3) is 0 Å². The fourth-order valence-electron chi connectivity index (χ4n) is 4.27. The van der Waals surface area contributed by atoms with E-state index in [4.69, 9.17) is 0 Å². The molecule has 7 nitrogen and oxygen atoms in total. The van der Waals surface area contributed by atoms with Crippen LogP contribution in [0.1, 0.15) is 5.56 Å². The molecule has 0 amide bonds. The number of carbonyl (C=O) groups is 1. The van der Waals surface area contributed by atoms with Gasteiger partial charge in [0.2, 0.25) is 0 Å². The van der Waals surface area contributed by atoms with Gasteiger partial charge in [-0.15, -0.1) is 0 Å². The summed E-state index contributed by atoms with van der Waals surface area (Å²) in [6, 6.07) is 21.4. The van der Waals surface area contributed by atoms with Gasteiger partial charge in [0.1, 0.15) is 0 Å². The topological polar surface area (TPSA) is 121 Å². The summed E-state index contributed by atoms with van der Waals surface area (Å²) in [5.74, 6) is -3.14. The van der Waals surface area contributed by atoms with Gasteiger partial charge >= 0.3 is 142 Å². The molecule has 2 aliphatic rings. The van der Waals surface area contributed by atoms with E-state index < -0.39 is 34.6 Å². The van der Waals surface area contributed by atoms with Crippen molar-refractivity contribution < 1.29 is 45.4 Å². The summed E-state index contributed by atoms with van der Waals surface area (Å²) in [7, 11) is 0. The Labute approximate surface area is 213 Å². The van der Waals surface area contributed by atoms with E-state index in [2.05, 4.69) is 15.0 Å². The summed E-state index contributed by atoms with van der Waals surface area (Å²) in [6.45, 7) is 0. The Morgan fingerprint density at radius 2 is 1.08 bits per heavy atom. The molecule has 0 radical (unpaired) electrons. The van der Waals surface area contributed by atoms with Gasteiger partial charge in [-0.25, -0.2) is 0 Å². The zero-order valence-corrected chi connectivity index (χ0v) is 19.5. The van der Waals surface area contributed by atoms with Gasteiger partial charge in [0.05, 0.1) is 0 Å². The van der Waals surface area contributed by atoms with Gasteiger partial charge in [-0.1, -0.05) is 36.4 Å². The Hall–Kier alpha value is -4.55. The Bertz CT molecular complexity index is 1460. The first kappa shape index (κ1) is 23.2. The van der Waals surface area contributed by atoms with Crippen molar-refractivity contribution in [3.8, 4) is 11.5 Å². The van der Waals surface area contributed by atoms with Crippen molar-refractivity contribution in [2.24, 2.45) is 0 Å². The van der Waals surface area contributed by atoms with Crippen LogP contribution in [-0.2, 0) is 19.8 Å². The molecule has 182 valence electrons. The third-order valence-electron chi connectivity index (χ3n) is 5.84. The average molecular weight is 524 g/mol. The van der Waals surface area contributed by atoms with Crippen molar-refractivity contribution in [1.29, 1.82) is 0 Å². The Morgan fingerprint density at radius 3 is 1.53 bits per heavy atom. The molecule has 0 saturated heterocycles. The number of Topliss-reactive ketones (excluding diaryl/α,β-unsaturated/α-hetero) is 1. The summed E-state index contributed by atoms with van der Waals surface area (Å²) in [5, 5.41) is 52.8. The fourth-order valence-corrected chi connectivity index (χ4v) is 4.54. The second-order valence-corrected chi connectivity index (χ2v) is 8.65. The third kappa shape index (κ3) is 3.78. The molecule has 5 N–H and O–H groups in total. The molecule has 0 aromatic heterocycles. The number of anilines is 3. The van der Waals surface area contributed by atoms with E-state index in [1.165, 1.54) is 24.3 Å². The molecule has 36 heavy (non-hydrogen) atoms. The monoisotopic (exact) mass is 523 g/mol. The van der Waals surface area contributed by atoms with Crippen LogP contribution in [0.15, 0.2) is 113 Å². The van der Waals surface area contributed by atoms with E-state index in [-0.39, 0.29) is 26.8 Å². The standard InChI is InChI=1S/C28H19NO6.Ni/c30-19-12-7-13-20(31)23(19)25-27(34)26(28(25)35)24-21(32)14-18(15-22(24)33)29(16-8-3-1-4-9-16)17-10-5-2-6-11-17;/h1-6,8-15,30-34H;. The van der Waals surface area contributed by atoms with E-state index in [1.54, 1.807) is 0 Å². The van der Waals surface area contributed by atoms with Crippen LogP contribution < -0.4 is 4.90 Å². The van der Waals surface area contributed by atoms with E-state index in [1.807, 2.05) is 65.6 Å². The van der Waals surface area contributed by atoms with Crippen LogP contribution in [0, 0.1) is 0 Å². The number of hydrogen-bond donors (Lipinski definition) is 5. The zero-order chi connectivity index (χ0) is 25.6. The molecule has 0 aliphatic heterocycles. The number of benzene rings is 3. The maximum absolute atomic E-state index is 13.0. The van der Waals surface area contributed by atoms with E-state index in [9.17, 15) is 30.3 Å². The van der Waals surface area contributed by atoms with Gasteiger partial charge in [-0.2, -0.15) is 0 Å². The van der Waals surface area contributed by atoms with Crippen LogP contribution in [0.25, 0.3) is 5.57 Å². The van der Waals surface area contributed by atoms with Crippen LogP contribution in [-0.4, -0.2) is 35.8 Å². The van der Waals surface area contributed by atoms with E-state index in [0.29, 0.717) is 5.69 Å². The second-order valence-electron chi connectivity index (χ2n) is 8.08. The molecule has 0 spiro atoms. The Kier molecular flexibility index (Phi) is 5.74. The van der Waals surface area contributed by atoms with Gasteiger partial charge in [-0.05, 0) is 24.3 Å². The van der Waals surface area contributed by atoms with Crippen molar-refractivity contribution in [2.45, 2.75) is 0 Å². The summed E-state index contributed by atoms with van der Waals surface area (Å²) >= 11 is 4.60. The number of aliphatic hydroxyl groups excluding tert-OH is 3. The zero-order valence-electron chi connectivity index (χ0n) is 18.5. The number of phenols is 2. The van der Waals surface area contributed by atoms with Crippen molar-refractivity contribution in [1.82, 2.24) is 0 Å². The number of allylic oxidation sites excluding steroid dienone is 4. The predicted octanol–water partition coefficient (Wildman–Crippen LogP) is 5.33. The number of carbonyl (C=O) groups excluding carboxylic acids is 1. The van der Waals surface area contributed by atoms with Crippen molar-refractivity contribution in [2.75, 3.05) is 4.90 Å². The predicted molar refractivity (Wildman–Crippen MR) is 132 cm³/mol. The number of nitrogens with zero attached hydrogens (tertiary/aromatic N) is 1. The minimum atomic E-state index is -0.764. The third-order valence-corrected chi connectivity index (χ3v) is 6.12. The second kappa shape index (κ2) is 8.91. The molecular formula is C28H19NNiO6.